The number of ether oxygens (including phenoxy) is 1. The number of sulfonamides is 1. The van der Waals surface area contributed by atoms with Crippen molar-refractivity contribution in [2.24, 2.45) is 5.73 Å². The largest absolute Gasteiger partial charge is 0.492 e. The van der Waals surface area contributed by atoms with Crippen molar-refractivity contribution in [1.29, 1.82) is 0 Å². The van der Waals surface area contributed by atoms with Crippen LogP contribution in [0.3, 0.4) is 0 Å². The van der Waals surface area contributed by atoms with Crippen molar-refractivity contribution >= 4 is 27.3 Å². The minimum absolute atomic E-state index is 0.108. The molecule has 3 aromatic rings. The predicted molar refractivity (Wildman–Crippen MR) is 130 cm³/mol. The van der Waals surface area contributed by atoms with Gasteiger partial charge in [-0.3, -0.25) is 0 Å². The van der Waals surface area contributed by atoms with Crippen molar-refractivity contribution in [3.63, 3.8) is 0 Å². The zero-order valence-corrected chi connectivity index (χ0v) is 20.8. The van der Waals surface area contributed by atoms with Gasteiger partial charge in [0.1, 0.15) is 16.6 Å². The van der Waals surface area contributed by atoms with Gasteiger partial charge >= 0.3 is 12.1 Å². The van der Waals surface area contributed by atoms with E-state index in [0.29, 0.717) is 10.8 Å². The standard InChI is InChI=1S/C22H24N2O3S2.C2HF3O2/c1-15-9-22(28-14-15)29(25,26)24-12-17-7-8-21-19(11-17)18(20(23)13-27-21)10-16-5-3-2-4-6-16;3-2(4,5)1(6)7/h2-9,11,14,18,20,24H,10,12-13,23H2,1H3;(H,6,7). The van der Waals surface area contributed by atoms with E-state index in [1.165, 1.54) is 16.9 Å². The van der Waals surface area contributed by atoms with Crippen LogP contribution in [0.2, 0.25) is 0 Å². The number of nitrogens with two attached hydrogens (primary N) is 1. The Morgan fingerprint density at radius 2 is 1.83 bits per heavy atom. The van der Waals surface area contributed by atoms with E-state index < -0.39 is 22.2 Å². The molecular weight excluding hydrogens is 517 g/mol. The number of thiophene rings is 1. The number of aryl methyl sites for hydroxylation is 1. The Balaban J connectivity index is 0.000000454. The van der Waals surface area contributed by atoms with Crippen LogP contribution in [0.15, 0.2) is 64.2 Å². The molecule has 0 spiro atoms. The van der Waals surface area contributed by atoms with Crippen LogP contribution in [0.5, 0.6) is 5.75 Å². The molecule has 0 saturated carbocycles. The fraction of sp³-hybridized carbons (Fsp3) is 0.292. The molecule has 194 valence electrons. The summed E-state index contributed by atoms with van der Waals surface area (Å²) in [6.07, 6.45) is -4.26. The molecule has 1 aliphatic heterocycles. The number of carbonyl (C=O) groups is 1. The highest BCUT2D eigenvalue weighted by Gasteiger charge is 2.38. The molecule has 0 fully saturated rings. The summed E-state index contributed by atoms with van der Waals surface area (Å²) >= 11 is 1.23. The topological polar surface area (TPSA) is 119 Å². The number of benzene rings is 2. The lowest BCUT2D eigenvalue weighted by molar-refractivity contribution is -0.192. The lowest BCUT2D eigenvalue weighted by Crippen LogP contribution is -2.39. The summed E-state index contributed by atoms with van der Waals surface area (Å²) in [7, 11) is -3.52. The molecule has 0 amide bonds. The van der Waals surface area contributed by atoms with Gasteiger partial charge in [-0.05, 0) is 53.1 Å². The van der Waals surface area contributed by atoms with Gasteiger partial charge in [0.05, 0.1) is 0 Å². The summed E-state index contributed by atoms with van der Waals surface area (Å²) in [6, 6.07) is 17.7. The van der Waals surface area contributed by atoms with Gasteiger partial charge in [0, 0.05) is 18.5 Å². The van der Waals surface area contributed by atoms with Crippen LogP contribution in [0, 0.1) is 6.92 Å². The van der Waals surface area contributed by atoms with E-state index in [1.54, 1.807) is 6.07 Å². The molecule has 2 unspecified atom stereocenters. The van der Waals surface area contributed by atoms with Gasteiger partial charge in [0.15, 0.2) is 0 Å². The summed E-state index contributed by atoms with van der Waals surface area (Å²) in [5.41, 5.74) is 10.5. The van der Waals surface area contributed by atoms with Crippen molar-refractivity contribution in [2.45, 2.75) is 42.2 Å². The Morgan fingerprint density at radius 1 is 1.17 bits per heavy atom. The van der Waals surface area contributed by atoms with Crippen molar-refractivity contribution in [1.82, 2.24) is 4.72 Å². The SMILES string of the molecule is Cc1csc(S(=O)(=O)NCc2ccc3c(c2)C(Cc2ccccc2)C(N)CO3)c1.O=C(O)C(F)(F)F. The molecule has 4 rings (SSSR count). The highest BCUT2D eigenvalue weighted by atomic mass is 32.2. The molecule has 0 bridgehead atoms. The van der Waals surface area contributed by atoms with Crippen LogP contribution < -0.4 is 15.2 Å². The lowest BCUT2D eigenvalue weighted by Gasteiger charge is -2.32. The number of carboxylic acid groups (broad SMARTS) is 1. The second-order valence-electron chi connectivity index (χ2n) is 8.21. The van der Waals surface area contributed by atoms with E-state index in [2.05, 4.69) is 16.9 Å². The Morgan fingerprint density at radius 3 is 2.42 bits per heavy atom. The third-order valence-electron chi connectivity index (χ3n) is 5.40. The first-order chi connectivity index (χ1) is 16.9. The Bertz CT molecular complexity index is 1290. The van der Waals surface area contributed by atoms with Crippen LogP contribution in [0.25, 0.3) is 0 Å². The zero-order chi connectivity index (χ0) is 26.5. The number of rotatable bonds is 6. The van der Waals surface area contributed by atoms with Crippen LogP contribution in [-0.2, 0) is 27.8 Å². The minimum Gasteiger partial charge on any atom is -0.492 e. The predicted octanol–water partition coefficient (Wildman–Crippen LogP) is 4.21. The number of halogens is 3. The van der Waals surface area contributed by atoms with E-state index in [0.717, 1.165) is 28.9 Å². The Kier molecular flexibility index (Phi) is 8.77. The molecule has 2 atom stereocenters. The minimum atomic E-state index is -5.08. The number of nitrogens with one attached hydrogen (secondary N) is 1. The van der Waals surface area contributed by atoms with E-state index in [9.17, 15) is 21.6 Å². The van der Waals surface area contributed by atoms with Gasteiger partial charge in [0.2, 0.25) is 10.0 Å². The average Bonchev–Trinajstić information content (AvgIpc) is 3.27. The Hall–Kier alpha value is -2.93. The van der Waals surface area contributed by atoms with Gasteiger partial charge in [-0.1, -0.05) is 42.5 Å². The van der Waals surface area contributed by atoms with Gasteiger partial charge < -0.3 is 15.6 Å². The fourth-order valence-corrected chi connectivity index (χ4v) is 5.88. The van der Waals surface area contributed by atoms with Crippen LogP contribution in [0.1, 0.15) is 28.2 Å². The zero-order valence-electron chi connectivity index (χ0n) is 19.2. The number of hydrogen-bond donors (Lipinski definition) is 3. The maximum Gasteiger partial charge on any atom is 0.490 e. The monoisotopic (exact) mass is 542 g/mol. The number of fused-ring (bicyclic) bond motifs is 1. The second-order valence-corrected chi connectivity index (χ2v) is 11.1. The molecule has 1 aliphatic rings. The average molecular weight is 543 g/mol. The molecule has 2 heterocycles. The maximum atomic E-state index is 12.5. The number of aliphatic carboxylic acids is 1. The molecular formula is C24H25F3N2O5S2. The summed E-state index contributed by atoms with van der Waals surface area (Å²) < 4.78 is 65.6. The molecule has 7 nitrogen and oxygen atoms in total. The molecule has 1 aromatic heterocycles. The van der Waals surface area contributed by atoms with Crippen LogP contribution in [-0.4, -0.2) is 38.3 Å². The smallest absolute Gasteiger partial charge is 0.490 e. The van der Waals surface area contributed by atoms with Crippen LogP contribution in [0.4, 0.5) is 13.2 Å². The van der Waals surface area contributed by atoms with Gasteiger partial charge in [-0.25, -0.2) is 17.9 Å². The lowest BCUT2D eigenvalue weighted by atomic mass is 9.84. The Labute approximate surface area is 210 Å². The molecule has 0 aliphatic carbocycles. The fourth-order valence-electron chi connectivity index (χ4n) is 3.59. The van der Waals surface area contributed by atoms with E-state index in [-0.39, 0.29) is 18.5 Å². The third kappa shape index (κ3) is 7.29. The van der Waals surface area contributed by atoms with Gasteiger partial charge in [0.25, 0.3) is 0 Å². The van der Waals surface area contributed by atoms with E-state index in [1.807, 2.05) is 48.7 Å². The molecule has 0 saturated heterocycles. The van der Waals surface area contributed by atoms with Crippen LogP contribution >= 0.6 is 11.3 Å². The number of alkyl halides is 3. The molecule has 4 N–H and O–H groups in total. The van der Waals surface area contributed by atoms with Gasteiger partial charge in [-0.15, -0.1) is 11.3 Å². The first-order valence-electron chi connectivity index (χ1n) is 10.8. The highest BCUT2D eigenvalue weighted by molar-refractivity contribution is 7.91. The van der Waals surface area contributed by atoms with Crippen molar-refractivity contribution in [2.75, 3.05) is 6.61 Å². The van der Waals surface area contributed by atoms with E-state index in [4.69, 9.17) is 20.4 Å². The molecule has 2 aromatic carbocycles. The van der Waals surface area contributed by atoms with Crippen molar-refractivity contribution in [3.05, 3.63) is 82.2 Å². The number of carboxylic acids is 1. The molecule has 12 heteroatoms. The summed E-state index contributed by atoms with van der Waals surface area (Å²) in [4.78, 5) is 8.90. The first kappa shape index (κ1) is 27.7. The third-order valence-corrected chi connectivity index (χ3v) is 8.36. The van der Waals surface area contributed by atoms with Crippen molar-refractivity contribution < 1.29 is 36.2 Å². The summed E-state index contributed by atoms with van der Waals surface area (Å²) in [6.45, 7) is 2.59. The summed E-state index contributed by atoms with van der Waals surface area (Å²) in [5.74, 6) is -1.81. The number of hydrogen-bond acceptors (Lipinski definition) is 6. The quantitative estimate of drug-likeness (QED) is 0.429. The second kappa shape index (κ2) is 11.4. The maximum absolute atomic E-state index is 12.5. The normalized spacial score (nSPS) is 17.4. The first-order valence-corrected chi connectivity index (χ1v) is 13.1. The molecule has 0 radical (unpaired) electrons. The summed E-state index contributed by atoms with van der Waals surface area (Å²) in [5, 5.41) is 8.96. The van der Waals surface area contributed by atoms with Crippen molar-refractivity contribution in [3.8, 4) is 5.75 Å². The highest BCUT2D eigenvalue weighted by Crippen LogP contribution is 2.36. The van der Waals surface area contributed by atoms with Gasteiger partial charge in [-0.2, -0.15) is 13.2 Å². The van der Waals surface area contributed by atoms with E-state index >= 15 is 0 Å². The molecule has 36 heavy (non-hydrogen) atoms.